The minimum Gasteiger partial charge on any atom is -0.287 e. The van der Waals surface area contributed by atoms with Gasteiger partial charge in [0.25, 0.3) is 10.0 Å². The molecule has 142 valence electrons. The minimum atomic E-state index is -4.18. The van der Waals surface area contributed by atoms with Crippen molar-refractivity contribution in [2.24, 2.45) is 0 Å². The Morgan fingerprint density at radius 1 is 1.07 bits per heavy atom. The predicted octanol–water partition coefficient (Wildman–Crippen LogP) is 3.86. The molecule has 0 bridgehead atoms. The van der Waals surface area contributed by atoms with Gasteiger partial charge >= 0.3 is 6.03 Å². The molecule has 1 aliphatic rings. The molecule has 1 aliphatic heterocycles. The Morgan fingerprint density at radius 3 is 2.57 bits per heavy atom. The average Bonchev–Trinajstić information content (AvgIpc) is 2.69. The smallest absolute Gasteiger partial charge is 0.287 e. The van der Waals surface area contributed by atoms with Gasteiger partial charge in [-0.2, -0.15) is 4.31 Å². The third kappa shape index (κ3) is 2.91. The van der Waals surface area contributed by atoms with E-state index in [0.29, 0.717) is 9.87 Å². The molecule has 0 fully saturated rings. The molecule has 0 saturated heterocycles. The van der Waals surface area contributed by atoms with Gasteiger partial charge in [-0.05, 0) is 48.4 Å². The molecule has 0 N–H and O–H groups in total. The average molecular weight is 397 g/mol. The fraction of sp³-hybridized carbons (Fsp3) is 0.100. The number of anilines is 2. The van der Waals surface area contributed by atoms with Crippen LogP contribution in [0.15, 0.2) is 71.9 Å². The van der Waals surface area contributed by atoms with Crippen molar-refractivity contribution in [3.63, 3.8) is 0 Å². The van der Waals surface area contributed by atoms with Crippen LogP contribution in [0.2, 0.25) is 0 Å². The van der Waals surface area contributed by atoms with Crippen molar-refractivity contribution < 1.29 is 17.6 Å². The highest BCUT2D eigenvalue weighted by molar-refractivity contribution is 7.94. The molecule has 6 nitrogen and oxygen atoms in total. The van der Waals surface area contributed by atoms with Gasteiger partial charge in [-0.1, -0.05) is 24.3 Å². The van der Waals surface area contributed by atoms with Crippen LogP contribution in [0.5, 0.6) is 0 Å². The first-order valence-electron chi connectivity index (χ1n) is 8.50. The van der Waals surface area contributed by atoms with Crippen LogP contribution in [-0.4, -0.2) is 19.4 Å². The Kier molecular flexibility index (Phi) is 4.35. The van der Waals surface area contributed by atoms with Gasteiger partial charge < -0.3 is 0 Å². The Balaban J connectivity index is 1.88. The summed E-state index contributed by atoms with van der Waals surface area (Å²) in [5.41, 5.74) is 1.33. The van der Waals surface area contributed by atoms with E-state index >= 15 is 0 Å². The van der Waals surface area contributed by atoms with Crippen LogP contribution in [0, 0.1) is 12.7 Å². The van der Waals surface area contributed by atoms with Crippen LogP contribution < -0.4 is 9.21 Å². The maximum atomic E-state index is 14.1. The zero-order valence-electron chi connectivity index (χ0n) is 14.9. The lowest BCUT2D eigenvalue weighted by Crippen LogP contribution is -2.50. The van der Waals surface area contributed by atoms with E-state index in [4.69, 9.17) is 0 Å². The largest absolute Gasteiger partial charge is 0.343 e. The van der Waals surface area contributed by atoms with Crippen LogP contribution >= 0.6 is 0 Å². The summed E-state index contributed by atoms with van der Waals surface area (Å²) in [5.74, 6) is -0.585. The standard InChI is InChI=1S/C20H16FN3O3S/c1-14-8-9-16(11-17(14)21)24-20(25)23(13-15-5-4-10-22-12-15)18-6-2-3-7-19(18)28(24,26)27/h2-12H,13H2,1H3. The van der Waals surface area contributed by atoms with Gasteiger partial charge in [0.15, 0.2) is 0 Å². The number of hydrogen-bond donors (Lipinski definition) is 0. The van der Waals surface area contributed by atoms with Crippen molar-refractivity contribution in [2.45, 2.75) is 18.4 Å². The lowest BCUT2D eigenvalue weighted by Gasteiger charge is -2.36. The number of sulfonamides is 1. The molecule has 0 radical (unpaired) electrons. The number of nitrogens with zero attached hydrogens (tertiary/aromatic N) is 3. The number of pyridine rings is 1. The Bertz CT molecular complexity index is 1170. The maximum Gasteiger partial charge on any atom is 0.343 e. The van der Waals surface area contributed by atoms with E-state index in [1.165, 1.54) is 23.1 Å². The van der Waals surface area contributed by atoms with E-state index < -0.39 is 21.9 Å². The summed E-state index contributed by atoms with van der Waals surface area (Å²) < 4.78 is 41.1. The van der Waals surface area contributed by atoms with Crippen molar-refractivity contribution in [3.8, 4) is 0 Å². The third-order valence-electron chi connectivity index (χ3n) is 4.53. The van der Waals surface area contributed by atoms with Crippen LogP contribution in [0.3, 0.4) is 0 Å². The molecule has 8 heteroatoms. The Labute approximate surface area is 161 Å². The van der Waals surface area contributed by atoms with Gasteiger partial charge in [0.2, 0.25) is 0 Å². The van der Waals surface area contributed by atoms with Crippen molar-refractivity contribution >= 4 is 27.4 Å². The van der Waals surface area contributed by atoms with Gasteiger partial charge in [0.1, 0.15) is 10.7 Å². The SMILES string of the molecule is Cc1ccc(N2C(=O)N(Cc3cccnc3)c3ccccc3S2(=O)=O)cc1F. The number of aryl methyl sites for hydroxylation is 1. The summed E-state index contributed by atoms with van der Waals surface area (Å²) in [5, 5.41) is 0. The number of halogens is 1. The second kappa shape index (κ2) is 6.72. The fourth-order valence-corrected chi connectivity index (χ4v) is 4.68. The molecule has 0 saturated carbocycles. The molecule has 1 aromatic heterocycles. The number of benzene rings is 2. The molecule has 0 spiro atoms. The molecule has 2 heterocycles. The molecule has 28 heavy (non-hydrogen) atoms. The number of para-hydroxylation sites is 1. The highest BCUT2D eigenvalue weighted by Gasteiger charge is 2.42. The molecule has 3 aromatic rings. The number of urea groups is 1. The molecule has 0 unspecified atom stereocenters. The number of hydrogen-bond acceptors (Lipinski definition) is 4. The Morgan fingerprint density at radius 2 is 1.86 bits per heavy atom. The number of rotatable bonds is 3. The van der Waals surface area contributed by atoms with Gasteiger partial charge in [0, 0.05) is 12.4 Å². The van der Waals surface area contributed by atoms with Gasteiger partial charge in [-0.3, -0.25) is 9.88 Å². The summed E-state index contributed by atoms with van der Waals surface area (Å²) in [7, 11) is -4.18. The van der Waals surface area contributed by atoms with Crippen LogP contribution in [0.4, 0.5) is 20.6 Å². The lowest BCUT2D eigenvalue weighted by atomic mass is 10.2. The quantitative estimate of drug-likeness (QED) is 0.673. The lowest BCUT2D eigenvalue weighted by molar-refractivity contribution is 0.253. The number of carbonyl (C=O) groups excluding carboxylic acids is 1. The fourth-order valence-electron chi connectivity index (χ4n) is 3.10. The van der Waals surface area contributed by atoms with Gasteiger partial charge in [0.05, 0.1) is 17.9 Å². The summed E-state index contributed by atoms with van der Waals surface area (Å²) in [6.45, 7) is 1.69. The molecule has 0 atom stereocenters. The van der Waals surface area contributed by atoms with Crippen LogP contribution in [0.1, 0.15) is 11.1 Å². The van der Waals surface area contributed by atoms with Gasteiger partial charge in [-0.15, -0.1) is 0 Å². The Hall–Kier alpha value is -3.26. The summed E-state index contributed by atoms with van der Waals surface area (Å²) in [6, 6.07) is 12.9. The van der Waals surface area contributed by atoms with Gasteiger partial charge in [-0.25, -0.2) is 17.6 Å². The van der Waals surface area contributed by atoms with Crippen molar-refractivity contribution in [1.82, 2.24) is 4.98 Å². The van der Waals surface area contributed by atoms with E-state index in [9.17, 15) is 17.6 Å². The number of amides is 2. The summed E-state index contributed by atoms with van der Waals surface area (Å²) in [4.78, 5) is 18.6. The topological polar surface area (TPSA) is 70.6 Å². The molecular weight excluding hydrogens is 381 g/mol. The molecule has 4 rings (SSSR count). The summed E-state index contributed by atoms with van der Waals surface area (Å²) >= 11 is 0. The van der Waals surface area contributed by atoms with Crippen LogP contribution in [-0.2, 0) is 16.6 Å². The monoisotopic (exact) mass is 397 g/mol. The first-order valence-corrected chi connectivity index (χ1v) is 9.94. The van der Waals surface area contributed by atoms with E-state index in [-0.39, 0.29) is 22.8 Å². The predicted molar refractivity (Wildman–Crippen MR) is 103 cm³/mol. The van der Waals surface area contributed by atoms with Crippen LogP contribution in [0.25, 0.3) is 0 Å². The highest BCUT2D eigenvalue weighted by Crippen LogP contribution is 2.38. The first-order chi connectivity index (χ1) is 13.4. The third-order valence-corrected chi connectivity index (χ3v) is 6.28. The molecule has 2 amide bonds. The van der Waals surface area contributed by atoms with Crippen molar-refractivity contribution in [1.29, 1.82) is 0 Å². The molecule has 2 aromatic carbocycles. The van der Waals surface area contributed by atoms with E-state index in [0.717, 1.165) is 11.6 Å². The zero-order chi connectivity index (χ0) is 19.9. The van der Waals surface area contributed by atoms with Crippen molar-refractivity contribution in [3.05, 3.63) is 83.9 Å². The second-order valence-corrected chi connectivity index (χ2v) is 8.16. The number of aromatic nitrogens is 1. The number of carbonyl (C=O) groups is 1. The highest BCUT2D eigenvalue weighted by atomic mass is 32.2. The van der Waals surface area contributed by atoms with E-state index in [1.54, 1.807) is 49.6 Å². The van der Waals surface area contributed by atoms with E-state index in [1.807, 2.05) is 0 Å². The van der Waals surface area contributed by atoms with E-state index in [2.05, 4.69) is 4.98 Å². The minimum absolute atomic E-state index is 0.0144. The van der Waals surface area contributed by atoms with Crippen molar-refractivity contribution in [2.75, 3.05) is 9.21 Å². The number of fused-ring (bicyclic) bond motifs is 1. The second-order valence-electron chi connectivity index (χ2n) is 6.40. The molecule has 0 aliphatic carbocycles. The maximum absolute atomic E-state index is 14.1. The zero-order valence-corrected chi connectivity index (χ0v) is 15.7. The first kappa shape index (κ1) is 18.1. The summed E-state index contributed by atoms with van der Waals surface area (Å²) in [6.07, 6.45) is 3.22. The normalized spacial score (nSPS) is 15.4. The molecular formula is C20H16FN3O3S.